The maximum atomic E-state index is 4.50. The summed E-state index contributed by atoms with van der Waals surface area (Å²) in [5.74, 6) is 2.68. The molecule has 0 bridgehead atoms. The molecule has 0 aliphatic heterocycles. The summed E-state index contributed by atoms with van der Waals surface area (Å²) in [7, 11) is 0. The van der Waals surface area contributed by atoms with Crippen LogP contribution in [-0.2, 0) is 18.7 Å². The van der Waals surface area contributed by atoms with Gasteiger partial charge >= 0.3 is 0 Å². The van der Waals surface area contributed by atoms with Crippen molar-refractivity contribution >= 4 is 23.5 Å². The molecule has 0 unspecified atom stereocenters. The molecule has 0 amide bonds. The van der Waals surface area contributed by atoms with E-state index in [0.29, 0.717) is 0 Å². The zero-order valence-electron chi connectivity index (χ0n) is 15.3. The van der Waals surface area contributed by atoms with Gasteiger partial charge in [-0.2, -0.15) is 0 Å². The second kappa shape index (κ2) is 9.19. The number of benzene rings is 1. The van der Waals surface area contributed by atoms with Gasteiger partial charge in [-0.25, -0.2) is 9.97 Å². The average molecular weight is 386 g/mol. The molecule has 2 aromatic heterocycles. The van der Waals surface area contributed by atoms with Gasteiger partial charge in [-0.15, -0.1) is 10.2 Å². The van der Waals surface area contributed by atoms with E-state index in [1.54, 1.807) is 23.5 Å². The van der Waals surface area contributed by atoms with Gasteiger partial charge in [0.15, 0.2) is 10.3 Å². The molecule has 26 heavy (non-hydrogen) atoms. The Hall–Kier alpha value is -1.86. The third-order valence-corrected chi connectivity index (χ3v) is 5.52. The van der Waals surface area contributed by atoms with Crippen LogP contribution in [0.3, 0.4) is 0 Å². The van der Waals surface area contributed by atoms with Crippen LogP contribution >= 0.6 is 23.5 Å². The van der Waals surface area contributed by atoms with Crippen molar-refractivity contribution in [1.29, 1.82) is 0 Å². The van der Waals surface area contributed by atoms with Crippen molar-refractivity contribution in [2.45, 2.75) is 49.8 Å². The van der Waals surface area contributed by atoms with Gasteiger partial charge in [-0.3, -0.25) is 0 Å². The molecule has 5 nitrogen and oxygen atoms in total. The minimum atomic E-state index is 0.717. The standard InChI is InChI=1S/C19H23N5S2/c1-4-25-19-23-22-17(13-26-18-20-14(2)12-15(3)21-18)24(19)11-10-16-8-6-5-7-9-16/h5-9,12H,4,10-11,13H2,1-3H3. The van der Waals surface area contributed by atoms with Gasteiger partial charge in [0.25, 0.3) is 0 Å². The summed E-state index contributed by atoms with van der Waals surface area (Å²) in [6.07, 6.45) is 0.966. The summed E-state index contributed by atoms with van der Waals surface area (Å²) in [6, 6.07) is 12.5. The smallest absolute Gasteiger partial charge is 0.191 e. The molecule has 0 saturated carbocycles. The molecule has 7 heteroatoms. The first kappa shape index (κ1) is 18.9. The third-order valence-electron chi connectivity index (χ3n) is 3.83. The first-order chi connectivity index (χ1) is 12.7. The van der Waals surface area contributed by atoms with Gasteiger partial charge in [0.2, 0.25) is 0 Å². The summed E-state index contributed by atoms with van der Waals surface area (Å²) in [4.78, 5) is 9.01. The van der Waals surface area contributed by atoms with E-state index in [0.717, 1.165) is 52.0 Å². The first-order valence-corrected chi connectivity index (χ1v) is 10.7. The highest BCUT2D eigenvalue weighted by atomic mass is 32.2. The number of aromatic nitrogens is 5. The van der Waals surface area contributed by atoms with Crippen LogP contribution in [0, 0.1) is 13.8 Å². The summed E-state index contributed by atoms with van der Waals surface area (Å²) in [6.45, 7) is 7.01. The van der Waals surface area contributed by atoms with Crippen molar-refractivity contribution in [3.05, 3.63) is 59.2 Å². The Morgan fingerprint density at radius 2 is 1.69 bits per heavy atom. The molecule has 0 atom stereocenters. The number of rotatable bonds is 8. The van der Waals surface area contributed by atoms with E-state index in [1.165, 1.54) is 5.56 Å². The van der Waals surface area contributed by atoms with Gasteiger partial charge in [-0.05, 0) is 37.7 Å². The van der Waals surface area contributed by atoms with Crippen LogP contribution in [0.1, 0.15) is 29.7 Å². The van der Waals surface area contributed by atoms with Crippen LogP contribution in [0.4, 0.5) is 0 Å². The van der Waals surface area contributed by atoms with Crippen LogP contribution in [0.5, 0.6) is 0 Å². The molecule has 136 valence electrons. The van der Waals surface area contributed by atoms with Crippen LogP contribution in [-0.4, -0.2) is 30.5 Å². The van der Waals surface area contributed by atoms with E-state index in [4.69, 9.17) is 0 Å². The second-order valence-electron chi connectivity index (χ2n) is 5.94. The molecular weight excluding hydrogens is 362 g/mol. The second-order valence-corrected chi connectivity index (χ2v) is 8.11. The normalized spacial score (nSPS) is 11.0. The van der Waals surface area contributed by atoms with E-state index in [1.807, 2.05) is 26.0 Å². The van der Waals surface area contributed by atoms with E-state index in [9.17, 15) is 0 Å². The Morgan fingerprint density at radius 1 is 0.962 bits per heavy atom. The summed E-state index contributed by atoms with van der Waals surface area (Å²) in [5, 5.41) is 10.6. The van der Waals surface area contributed by atoms with E-state index >= 15 is 0 Å². The maximum absolute atomic E-state index is 4.50. The predicted octanol–water partition coefficient (Wildman–Crippen LogP) is 4.33. The molecule has 0 aliphatic rings. The average Bonchev–Trinajstić information content (AvgIpc) is 3.00. The van der Waals surface area contributed by atoms with Crippen LogP contribution in [0.15, 0.2) is 46.7 Å². The topological polar surface area (TPSA) is 56.5 Å². The van der Waals surface area contributed by atoms with E-state index in [2.05, 4.69) is 55.9 Å². The predicted molar refractivity (Wildman–Crippen MR) is 108 cm³/mol. The fourth-order valence-electron chi connectivity index (χ4n) is 2.66. The zero-order chi connectivity index (χ0) is 18.4. The largest absolute Gasteiger partial charge is 0.305 e. The summed E-state index contributed by atoms with van der Waals surface area (Å²) < 4.78 is 2.23. The summed E-state index contributed by atoms with van der Waals surface area (Å²) >= 11 is 3.35. The molecule has 0 radical (unpaired) electrons. The number of thioether (sulfide) groups is 2. The fraction of sp³-hybridized carbons (Fsp3) is 0.368. The molecule has 2 heterocycles. The Kier molecular flexibility index (Phi) is 6.68. The Bertz CT molecular complexity index is 828. The Morgan fingerprint density at radius 3 is 2.38 bits per heavy atom. The van der Waals surface area contributed by atoms with Crippen LogP contribution in [0.2, 0.25) is 0 Å². The van der Waals surface area contributed by atoms with Crippen molar-refractivity contribution in [3.8, 4) is 0 Å². The fourth-order valence-corrected chi connectivity index (χ4v) is 4.26. The quantitative estimate of drug-likeness (QED) is 0.425. The molecule has 3 aromatic rings. The lowest BCUT2D eigenvalue weighted by atomic mass is 10.1. The highest BCUT2D eigenvalue weighted by Crippen LogP contribution is 2.23. The highest BCUT2D eigenvalue weighted by molar-refractivity contribution is 7.99. The minimum absolute atomic E-state index is 0.717. The molecule has 1 aromatic carbocycles. The molecule has 3 rings (SSSR count). The Balaban J connectivity index is 1.73. The highest BCUT2D eigenvalue weighted by Gasteiger charge is 2.13. The number of nitrogens with zero attached hydrogens (tertiary/aromatic N) is 5. The molecule has 0 spiro atoms. The van der Waals surface area contributed by atoms with E-state index < -0.39 is 0 Å². The van der Waals surface area contributed by atoms with Crippen molar-refractivity contribution in [1.82, 2.24) is 24.7 Å². The van der Waals surface area contributed by atoms with Crippen molar-refractivity contribution in [2.75, 3.05) is 5.75 Å². The lowest BCUT2D eigenvalue weighted by Crippen LogP contribution is -2.07. The number of hydrogen-bond donors (Lipinski definition) is 0. The van der Waals surface area contributed by atoms with Gasteiger partial charge in [0.1, 0.15) is 5.82 Å². The number of aryl methyl sites for hydroxylation is 3. The lowest BCUT2D eigenvalue weighted by Gasteiger charge is -2.10. The molecular formula is C19H23N5S2. The molecule has 0 saturated heterocycles. The van der Waals surface area contributed by atoms with Crippen molar-refractivity contribution in [2.24, 2.45) is 0 Å². The number of hydrogen-bond acceptors (Lipinski definition) is 6. The SMILES string of the molecule is CCSc1nnc(CSc2nc(C)cc(C)n2)n1CCc1ccccc1. The monoisotopic (exact) mass is 385 g/mol. The summed E-state index contributed by atoms with van der Waals surface area (Å²) in [5.41, 5.74) is 3.31. The van der Waals surface area contributed by atoms with Gasteiger partial charge in [-0.1, -0.05) is 60.8 Å². The lowest BCUT2D eigenvalue weighted by molar-refractivity contribution is 0.615. The van der Waals surface area contributed by atoms with Crippen LogP contribution < -0.4 is 0 Å². The Labute approximate surface area is 163 Å². The molecule has 0 N–H and O–H groups in total. The van der Waals surface area contributed by atoms with Crippen molar-refractivity contribution in [3.63, 3.8) is 0 Å². The van der Waals surface area contributed by atoms with Gasteiger partial charge in [0, 0.05) is 17.9 Å². The van der Waals surface area contributed by atoms with Crippen molar-refractivity contribution < 1.29 is 0 Å². The van der Waals surface area contributed by atoms with Gasteiger partial charge < -0.3 is 4.57 Å². The molecule has 0 aliphatic carbocycles. The third kappa shape index (κ3) is 5.08. The van der Waals surface area contributed by atoms with E-state index in [-0.39, 0.29) is 0 Å². The zero-order valence-corrected chi connectivity index (χ0v) is 17.0. The molecule has 0 fully saturated rings. The van der Waals surface area contributed by atoms with Gasteiger partial charge in [0.05, 0.1) is 5.75 Å². The first-order valence-electron chi connectivity index (χ1n) is 8.69. The van der Waals surface area contributed by atoms with Crippen LogP contribution in [0.25, 0.3) is 0 Å². The maximum Gasteiger partial charge on any atom is 0.191 e. The minimum Gasteiger partial charge on any atom is -0.305 e.